The van der Waals surface area contributed by atoms with Crippen molar-refractivity contribution in [3.05, 3.63) is 35.9 Å². The molecular formula is C10H9N3O2. The third kappa shape index (κ3) is 1.59. The number of carbonyl (C=O) groups is 1. The lowest BCUT2D eigenvalue weighted by atomic mass is 10.1. The number of carboxylic acid groups (broad SMARTS) is 1. The first-order valence-corrected chi connectivity index (χ1v) is 4.39. The highest BCUT2D eigenvalue weighted by atomic mass is 16.4. The second-order valence-corrected chi connectivity index (χ2v) is 3.11. The van der Waals surface area contributed by atoms with Crippen LogP contribution in [-0.2, 0) is 0 Å². The second-order valence-electron chi connectivity index (χ2n) is 3.11. The Bertz CT molecular complexity index is 505. The van der Waals surface area contributed by atoms with Crippen LogP contribution in [0.25, 0.3) is 11.1 Å². The number of nitrogens with one attached hydrogen (secondary N) is 1. The molecule has 0 unspecified atom stereocenters. The summed E-state index contributed by atoms with van der Waals surface area (Å²) >= 11 is 0. The molecule has 0 amide bonds. The minimum absolute atomic E-state index is 0.0435. The van der Waals surface area contributed by atoms with Gasteiger partial charge in [-0.2, -0.15) is 5.10 Å². The van der Waals surface area contributed by atoms with Crippen molar-refractivity contribution in [3.8, 4) is 11.1 Å². The summed E-state index contributed by atoms with van der Waals surface area (Å²) in [7, 11) is 0. The maximum absolute atomic E-state index is 10.9. The molecule has 0 saturated heterocycles. The molecule has 5 nitrogen and oxygen atoms in total. The molecular weight excluding hydrogens is 194 g/mol. The standard InChI is InChI=1S/C10H9N3O2/c1-6-8(5-12-13-6)7-3-2-4-11-9(7)10(14)15/h2-5H,1H3,(H,12,13)(H,14,15). The van der Waals surface area contributed by atoms with E-state index in [1.165, 1.54) is 6.20 Å². The minimum atomic E-state index is -1.04. The Morgan fingerprint density at radius 1 is 1.47 bits per heavy atom. The molecule has 2 rings (SSSR count). The molecule has 0 spiro atoms. The lowest BCUT2D eigenvalue weighted by Gasteiger charge is -2.02. The largest absolute Gasteiger partial charge is 0.476 e. The molecule has 0 aliphatic heterocycles. The predicted molar refractivity (Wildman–Crippen MR) is 53.5 cm³/mol. The van der Waals surface area contributed by atoms with Crippen LogP contribution >= 0.6 is 0 Å². The third-order valence-electron chi connectivity index (χ3n) is 2.13. The number of nitrogens with zero attached hydrogens (tertiary/aromatic N) is 2. The molecule has 0 fully saturated rings. The summed E-state index contributed by atoms with van der Waals surface area (Å²) in [4.78, 5) is 14.8. The number of hydrogen-bond acceptors (Lipinski definition) is 3. The first-order chi connectivity index (χ1) is 7.20. The van der Waals surface area contributed by atoms with Crippen LogP contribution in [0.15, 0.2) is 24.5 Å². The van der Waals surface area contributed by atoms with Gasteiger partial charge in [-0.1, -0.05) is 6.07 Å². The molecule has 0 atom stereocenters. The van der Waals surface area contributed by atoms with E-state index in [2.05, 4.69) is 15.2 Å². The van der Waals surface area contributed by atoms with Crippen molar-refractivity contribution < 1.29 is 9.90 Å². The van der Waals surface area contributed by atoms with Gasteiger partial charge in [-0.15, -0.1) is 0 Å². The zero-order valence-electron chi connectivity index (χ0n) is 8.06. The maximum atomic E-state index is 10.9. The van der Waals surface area contributed by atoms with Gasteiger partial charge in [0.15, 0.2) is 5.69 Å². The van der Waals surface area contributed by atoms with Gasteiger partial charge in [0, 0.05) is 23.0 Å². The lowest BCUT2D eigenvalue weighted by molar-refractivity contribution is 0.0691. The van der Waals surface area contributed by atoms with Crippen molar-refractivity contribution in [3.63, 3.8) is 0 Å². The smallest absolute Gasteiger partial charge is 0.355 e. The fraction of sp³-hybridized carbons (Fsp3) is 0.100. The number of H-pyrrole nitrogens is 1. The van der Waals surface area contributed by atoms with Crippen molar-refractivity contribution in [2.45, 2.75) is 6.92 Å². The van der Waals surface area contributed by atoms with E-state index >= 15 is 0 Å². The number of aromatic carboxylic acids is 1. The monoisotopic (exact) mass is 203 g/mol. The van der Waals surface area contributed by atoms with Crippen molar-refractivity contribution in [2.75, 3.05) is 0 Å². The Hall–Kier alpha value is -2.17. The average Bonchev–Trinajstić information content (AvgIpc) is 2.64. The van der Waals surface area contributed by atoms with Crippen LogP contribution in [0.3, 0.4) is 0 Å². The zero-order valence-corrected chi connectivity index (χ0v) is 8.06. The van der Waals surface area contributed by atoms with Gasteiger partial charge in [-0.25, -0.2) is 9.78 Å². The molecule has 2 aromatic rings. The van der Waals surface area contributed by atoms with Crippen molar-refractivity contribution in [2.24, 2.45) is 0 Å². The van der Waals surface area contributed by atoms with Crippen LogP contribution in [-0.4, -0.2) is 26.3 Å². The van der Waals surface area contributed by atoms with Crippen LogP contribution in [0.2, 0.25) is 0 Å². The minimum Gasteiger partial charge on any atom is -0.476 e. The highest BCUT2D eigenvalue weighted by Crippen LogP contribution is 2.23. The van der Waals surface area contributed by atoms with Gasteiger partial charge >= 0.3 is 5.97 Å². The summed E-state index contributed by atoms with van der Waals surface area (Å²) in [5.41, 5.74) is 2.21. The summed E-state index contributed by atoms with van der Waals surface area (Å²) in [6.45, 7) is 1.83. The van der Waals surface area contributed by atoms with Crippen LogP contribution in [0.4, 0.5) is 0 Å². The number of aryl methyl sites for hydroxylation is 1. The Balaban J connectivity index is 2.63. The van der Waals surface area contributed by atoms with Crippen molar-refractivity contribution in [1.29, 1.82) is 0 Å². The maximum Gasteiger partial charge on any atom is 0.355 e. The van der Waals surface area contributed by atoms with E-state index in [9.17, 15) is 4.79 Å². The van der Waals surface area contributed by atoms with Crippen LogP contribution in [0.1, 0.15) is 16.2 Å². The second kappa shape index (κ2) is 3.53. The Morgan fingerprint density at radius 2 is 2.27 bits per heavy atom. The Labute approximate surface area is 85.8 Å². The summed E-state index contributed by atoms with van der Waals surface area (Å²) in [5.74, 6) is -1.04. The molecule has 2 aromatic heterocycles. The molecule has 0 aliphatic rings. The van der Waals surface area contributed by atoms with Gasteiger partial charge in [-0.05, 0) is 13.0 Å². The first-order valence-electron chi connectivity index (χ1n) is 4.39. The number of aromatic amines is 1. The van der Waals surface area contributed by atoms with Crippen LogP contribution in [0, 0.1) is 6.92 Å². The lowest BCUT2D eigenvalue weighted by Crippen LogP contribution is -2.02. The number of carboxylic acids is 1. The Kier molecular flexibility index (Phi) is 2.21. The summed E-state index contributed by atoms with van der Waals surface area (Å²) in [5, 5.41) is 15.6. The van der Waals surface area contributed by atoms with Crippen LogP contribution < -0.4 is 0 Å². The fourth-order valence-electron chi connectivity index (χ4n) is 1.42. The Morgan fingerprint density at radius 3 is 2.87 bits per heavy atom. The molecule has 5 heteroatoms. The van der Waals surface area contributed by atoms with E-state index in [4.69, 9.17) is 5.11 Å². The molecule has 0 saturated carbocycles. The molecule has 15 heavy (non-hydrogen) atoms. The predicted octanol–water partition coefficient (Wildman–Crippen LogP) is 1.48. The van der Waals surface area contributed by atoms with E-state index in [0.717, 1.165) is 11.3 Å². The number of hydrogen-bond donors (Lipinski definition) is 2. The van der Waals surface area contributed by atoms with E-state index in [1.54, 1.807) is 18.3 Å². The van der Waals surface area contributed by atoms with E-state index < -0.39 is 5.97 Å². The quantitative estimate of drug-likeness (QED) is 0.774. The van der Waals surface area contributed by atoms with Crippen molar-refractivity contribution in [1.82, 2.24) is 15.2 Å². The van der Waals surface area contributed by atoms with Gasteiger partial charge in [0.1, 0.15) is 0 Å². The molecule has 0 aromatic carbocycles. The van der Waals surface area contributed by atoms with Gasteiger partial charge in [0.05, 0.1) is 6.20 Å². The SMILES string of the molecule is Cc1[nH]ncc1-c1cccnc1C(=O)O. The highest BCUT2D eigenvalue weighted by molar-refractivity contribution is 5.94. The number of pyridine rings is 1. The average molecular weight is 203 g/mol. The van der Waals surface area contributed by atoms with E-state index in [0.29, 0.717) is 5.56 Å². The summed E-state index contributed by atoms with van der Waals surface area (Å²) in [6, 6.07) is 3.42. The van der Waals surface area contributed by atoms with Gasteiger partial charge in [0.25, 0.3) is 0 Å². The zero-order chi connectivity index (χ0) is 10.8. The molecule has 0 radical (unpaired) electrons. The third-order valence-corrected chi connectivity index (χ3v) is 2.13. The topological polar surface area (TPSA) is 78.9 Å². The van der Waals surface area contributed by atoms with Crippen LogP contribution in [0.5, 0.6) is 0 Å². The summed E-state index contributed by atoms with van der Waals surface area (Å²) < 4.78 is 0. The highest BCUT2D eigenvalue weighted by Gasteiger charge is 2.14. The van der Waals surface area contributed by atoms with Gasteiger partial charge in [-0.3, -0.25) is 5.10 Å². The summed E-state index contributed by atoms with van der Waals surface area (Å²) in [6.07, 6.45) is 3.06. The van der Waals surface area contributed by atoms with Gasteiger partial charge < -0.3 is 5.11 Å². The number of rotatable bonds is 2. The van der Waals surface area contributed by atoms with E-state index in [1.807, 2.05) is 6.92 Å². The first kappa shape index (κ1) is 9.39. The molecule has 0 aliphatic carbocycles. The molecule has 2 heterocycles. The fourth-order valence-corrected chi connectivity index (χ4v) is 1.42. The van der Waals surface area contributed by atoms with E-state index in [-0.39, 0.29) is 5.69 Å². The number of aromatic nitrogens is 3. The van der Waals surface area contributed by atoms with Crippen molar-refractivity contribution >= 4 is 5.97 Å². The van der Waals surface area contributed by atoms with Gasteiger partial charge in [0.2, 0.25) is 0 Å². The molecule has 0 bridgehead atoms. The molecule has 2 N–H and O–H groups in total. The molecule has 76 valence electrons. The normalized spacial score (nSPS) is 10.2.